The highest BCUT2D eigenvalue weighted by atomic mass is 16.5. The van der Waals surface area contributed by atoms with Gasteiger partial charge in [-0.15, -0.1) is 0 Å². The number of ether oxygens (including phenoxy) is 1. The van der Waals surface area contributed by atoms with E-state index in [1.165, 1.54) is 6.92 Å². The summed E-state index contributed by atoms with van der Waals surface area (Å²) in [5.74, 6) is 0.629. The number of carbonyl (C=O) groups is 2. The third kappa shape index (κ3) is 3.32. The second kappa shape index (κ2) is 6.19. The van der Waals surface area contributed by atoms with E-state index in [1.807, 2.05) is 6.92 Å². The second-order valence-corrected chi connectivity index (χ2v) is 4.17. The molecule has 1 rings (SSSR count). The molecule has 4 nitrogen and oxygen atoms in total. The van der Waals surface area contributed by atoms with E-state index in [0.29, 0.717) is 17.9 Å². The molecular weight excluding hydrogens is 230 g/mol. The lowest BCUT2D eigenvalue weighted by molar-refractivity contribution is -0.129. The van der Waals surface area contributed by atoms with Crippen LogP contribution in [-0.2, 0) is 11.2 Å². The van der Waals surface area contributed by atoms with Crippen molar-refractivity contribution >= 4 is 11.7 Å². The molecule has 0 saturated carbocycles. The molecule has 0 heterocycles. The fraction of sp³-hybridized carbons (Fsp3) is 0.429. The fourth-order valence-electron chi connectivity index (χ4n) is 1.61. The monoisotopic (exact) mass is 249 g/mol. The van der Waals surface area contributed by atoms with Gasteiger partial charge in [0.1, 0.15) is 5.75 Å². The second-order valence-electron chi connectivity index (χ2n) is 4.17. The molecule has 0 aliphatic rings. The van der Waals surface area contributed by atoms with Crippen LogP contribution in [-0.4, -0.2) is 37.3 Å². The van der Waals surface area contributed by atoms with Crippen LogP contribution < -0.4 is 4.74 Å². The van der Waals surface area contributed by atoms with Crippen LogP contribution in [0.4, 0.5) is 0 Å². The lowest BCUT2D eigenvalue weighted by Gasteiger charge is -2.16. The lowest BCUT2D eigenvalue weighted by Crippen LogP contribution is -2.27. The zero-order valence-electron chi connectivity index (χ0n) is 11.3. The first kappa shape index (κ1) is 14.2. The van der Waals surface area contributed by atoms with Crippen LogP contribution >= 0.6 is 0 Å². The van der Waals surface area contributed by atoms with E-state index in [4.69, 9.17) is 4.74 Å². The molecule has 1 amide bonds. The maximum Gasteiger partial charge on any atom is 0.226 e. The molecule has 0 spiro atoms. The number of hydrogen-bond acceptors (Lipinski definition) is 3. The summed E-state index contributed by atoms with van der Waals surface area (Å²) in [5, 5.41) is 0. The standard InChI is InChI=1S/C14H19NO3/c1-5-15(3)14(17)9-12-8-11(10(2)16)6-7-13(12)18-4/h6-8H,5,9H2,1-4H3. The SMILES string of the molecule is CCN(C)C(=O)Cc1cc(C(C)=O)ccc1OC. The first-order chi connectivity index (χ1) is 8.49. The third-order valence-electron chi connectivity index (χ3n) is 2.93. The summed E-state index contributed by atoms with van der Waals surface area (Å²) in [5.41, 5.74) is 1.34. The minimum atomic E-state index is -0.0183. The van der Waals surface area contributed by atoms with E-state index >= 15 is 0 Å². The highest BCUT2D eigenvalue weighted by Gasteiger charge is 2.13. The molecule has 1 aromatic rings. The van der Waals surface area contributed by atoms with Gasteiger partial charge < -0.3 is 9.64 Å². The molecule has 0 aliphatic heterocycles. The largest absolute Gasteiger partial charge is 0.496 e. The van der Waals surface area contributed by atoms with Crippen LogP contribution in [0.5, 0.6) is 5.75 Å². The number of likely N-dealkylation sites (N-methyl/N-ethyl adjacent to an activating group) is 1. The Morgan fingerprint density at radius 3 is 2.50 bits per heavy atom. The zero-order chi connectivity index (χ0) is 13.7. The molecule has 0 fully saturated rings. The quantitative estimate of drug-likeness (QED) is 0.749. The summed E-state index contributed by atoms with van der Waals surface area (Å²) in [7, 11) is 3.31. The van der Waals surface area contributed by atoms with Gasteiger partial charge in [0.15, 0.2) is 5.78 Å². The van der Waals surface area contributed by atoms with Crippen molar-refractivity contribution in [2.24, 2.45) is 0 Å². The van der Waals surface area contributed by atoms with E-state index in [0.717, 1.165) is 5.56 Å². The van der Waals surface area contributed by atoms with Gasteiger partial charge in [-0.05, 0) is 32.0 Å². The number of ketones is 1. The fourth-order valence-corrected chi connectivity index (χ4v) is 1.61. The van der Waals surface area contributed by atoms with E-state index in [-0.39, 0.29) is 18.1 Å². The number of methoxy groups -OCH3 is 1. The van der Waals surface area contributed by atoms with Gasteiger partial charge in [-0.1, -0.05) is 0 Å². The van der Waals surface area contributed by atoms with Crippen molar-refractivity contribution in [3.63, 3.8) is 0 Å². The van der Waals surface area contributed by atoms with E-state index in [9.17, 15) is 9.59 Å². The Labute approximate surface area is 108 Å². The molecular formula is C14H19NO3. The Morgan fingerprint density at radius 1 is 1.33 bits per heavy atom. The van der Waals surface area contributed by atoms with Gasteiger partial charge in [-0.25, -0.2) is 0 Å². The Morgan fingerprint density at radius 2 is 2.00 bits per heavy atom. The van der Waals surface area contributed by atoms with Crippen LogP contribution in [0.3, 0.4) is 0 Å². The molecule has 0 aliphatic carbocycles. The molecule has 1 aromatic carbocycles. The van der Waals surface area contributed by atoms with Gasteiger partial charge in [-0.2, -0.15) is 0 Å². The van der Waals surface area contributed by atoms with Crippen LogP contribution in [0.25, 0.3) is 0 Å². The molecule has 0 unspecified atom stereocenters. The van der Waals surface area contributed by atoms with E-state index < -0.39 is 0 Å². The van der Waals surface area contributed by atoms with Crippen molar-refractivity contribution in [3.8, 4) is 5.75 Å². The van der Waals surface area contributed by atoms with Crippen molar-refractivity contribution in [1.29, 1.82) is 0 Å². The Bertz CT molecular complexity index is 454. The summed E-state index contributed by atoms with van der Waals surface area (Å²) < 4.78 is 5.21. The lowest BCUT2D eigenvalue weighted by atomic mass is 10.0. The van der Waals surface area contributed by atoms with Crippen LogP contribution in [0.2, 0.25) is 0 Å². The predicted molar refractivity (Wildman–Crippen MR) is 70.0 cm³/mol. The first-order valence-corrected chi connectivity index (χ1v) is 5.91. The molecule has 98 valence electrons. The van der Waals surface area contributed by atoms with Crippen LogP contribution in [0, 0.1) is 0 Å². The van der Waals surface area contributed by atoms with Crippen molar-refractivity contribution < 1.29 is 14.3 Å². The summed E-state index contributed by atoms with van der Waals surface area (Å²) in [6.07, 6.45) is 0.245. The number of amides is 1. The number of carbonyl (C=O) groups excluding carboxylic acids is 2. The minimum absolute atomic E-state index is 0.0107. The maximum absolute atomic E-state index is 11.9. The number of benzene rings is 1. The van der Waals surface area contributed by atoms with Crippen LogP contribution in [0.1, 0.15) is 29.8 Å². The summed E-state index contributed by atoms with van der Waals surface area (Å²) in [6.45, 7) is 4.08. The molecule has 0 aromatic heterocycles. The molecule has 4 heteroatoms. The number of hydrogen-bond donors (Lipinski definition) is 0. The van der Waals surface area contributed by atoms with Gasteiger partial charge in [0.05, 0.1) is 13.5 Å². The summed E-state index contributed by atoms with van der Waals surface area (Å²) >= 11 is 0. The summed E-state index contributed by atoms with van der Waals surface area (Å²) in [4.78, 5) is 24.9. The van der Waals surface area contributed by atoms with Crippen LogP contribution in [0.15, 0.2) is 18.2 Å². The predicted octanol–water partition coefficient (Wildman–Crippen LogP) is 1.92. The minimum Gasteiger partial charge on any atom is -0.496 e. The molecule has 0 radical (unpaired) electrons. The van der Waals surface area contributed by atoms with Gasteiger partial charge in [0, 0.05) is 24.7 Å². The zero-order valence-corrected chi connectivity index (χ0v) is 11.3. The number of rotatable bonds is 5. The van der Waals surface area contributed by atoms with Gasteiger partial charge in [-0.3, -0.25) is 9.59 Å². The molecule has 0 N–H and O–H groups in total. The van der Waals surface area contributed by atoms with E-state index in [1.54, 1.807) is 37.3 Å². The molecule has 18 heavy (non-hydrogen) atoms. The highest BCUT2D eigenvalue weighted by Crippen LogP contribution is 2.21. The number of nitrogens with zero attached hydrogens (tertiary/aromatic N) is 1. The Hall–Kier alpha value is -1.84. The normalized spacial score (nSPS) is 10.0. The third-order valence-corrected chi connectivity index (χ3v) is 2.93. The van der Waals surface area contributed by atoms with E-state index in [2.05, 4.69) is 0 Å². The van der Waals surface area contributed by atoms with Crippen molar-refractivity contribution in [3.05, 3.63) is 29.3 Å². The molecule has 0 atom stereocenters. The van der Waals surface area contributed by atoms with Gasteiger partial charge in [0.25, 0.3) is 0 Å². The van der Waals surface area contributed by atoms with Gasteiger partial charge >= 0.3 is 0 Å². The Balaban J connectivity index is 3.01. The molecule has 0 bridgehead atoms. The average Bonchev–Trinajstić information content (AvgIpc) is 2.37. The highest BCUT2D eigenvalue weighted by molar-refractivity contribution is 5.94. The molecule has 0 saturated heterocycles. The topological polar surface area (TPSA) is 46.6 Å². The smallest absolute Gasteiger partial charge is 0.226 e. The number of Topliss-reactive ketones (excluding diaryl/α,β-unsaturated/α-hetero) is 1. The average molecular weight is 249 g/mol. The Kier molecular flexibility index (Phi) is 4.89. The van der Waals surface area contributed by atoms with Crippen molar-refractivity contribution in [2.75, 3.05) is 20.7 Å². The van der Waals surface area contributed by atoms with Crippen molar-refractivity contribution in [1.82, 2.24) is 4.90 Å². The maximum atomic E-state index is 11.9. The summed E-state index contributed by atoms with van der Waals surface area (Å²) in [6, 6.07) is 5.16. The van der Waals surface area contributed by atoms with Gasteiger partial charge in [0.2, 0.25) is 5.91 Å². The van der Waals surface area contributed by atoms with Crippen molar-refractivity contribution in [2.45, 2.75) is 20.3 Å². The first-order valence-electron chi connectivity index (χ1n) is 5.91.